The van der Waals surface area contributed by atoms with E-state index in [-0.39, 0.29) is 71.2 Å². The maximum atomic E-state index is 14.0. The molecule has 14 nitrogen and oxygen atoms in total. The maximum absolute atomic E-state index is 14.0. The lowest BCUT2D eigenvalue weighted by Gasteiger charge is -2.43. The zero-order valence-electron chi connectivity index (χ0n) is 37.9. The Bertz CT molecular complexity index is 2760. The van der Waals surface area contributed by atoms with Gasteiger partial charge in [-0.25, -0.2) is 13.2 Å². The smallest absolute Gasteiger partial charge is 0.408 e. The third-order valence-electron chi connectivity index (χ3n) is 13.8. The molecule has 1 amide bonds. The third-order valence-corrected chi connectivity index (χ3v) is 16.3. The van der Waals surface area contributed by atoms with Gasteiger partial charge in [-0.3, -0.25) is 14.9 Å². The molecular formula is C51H53Cl2F2N4O10S+. The van der Waals surface area contributed by atoms with Gasteiger partial charge in [0.05, 0.1) is 23.5 Å². The molecular weight excluding hydrogens is 970 g/mol. The van der Waals surface area contributed by atoms with E-state index in [4.69, 9.17) is 42.1 Å². The van der Waals surface area contributed by atoms with Gasteiger partial charge >= 0.3 is 18.7 Å². The molecule has 3 N–H and O–H groups in total. The van der Waals surface area contributed by atoms with E-state index in [2.05, 4.69) is 10.2 Å². The summed E-state index contributed by atoms with van der Waals surface area (Å²) in [5.41, 5.74) is 3.06. The number of pyridine rings is 1. The normalized spacial score (nSPS) is 20.5. The first-order chi connectivity index (χ1) is 33.7. The Balaban J connectivity index is 0.873. The Morgan fingerprint density at radius 1 is 0.814 bits per heavy atom. The SMILES string of the molecule is O=C(N[C@@H](c1ccccc1)c1cccc(OCc2ccc(S(=O)(=O)N3CC(C(C(=O)O)[C@H](Cc4c(Cl)c[n+](O)cc4Cl)c4ccc(OC(F)F)c(OCC5CC5)c4)C3)cc2)c1)O[C@H]1CN2CCC1CC2. The standard InChI is InChI=1S/C51H52Cl2F2N4O10S/c52-42-26-58(63)27-43(53)41(42)23-40(35-13-16-44(68-50(54)55)45(22-35)67-30-31-9-10-31)47(49(60)61)37-24-59(25-37)70(64,65)39-14-11-32(12-15-39)29-66-38-8-4-7-36(21-38)48(34-5-2-1-3-6-34)56-51(62)69-46-28-57-19-17-33(46)18-20-57/h1-8,11-16,21-22,26-27,31,33,37,40,46-48,50H,9-10,17-20,23-25,28-30H2,(H2-,56,60,61,62,63)/p+1/t40-,46+,47?,48+/m1/s1. The van der Waals surface area contributed by atoms with E-state index in [9.17, 15) is 37.1 Å². The molecule has 4 aliphatic heterocycles. The summed E-state index contributed by atoms with van der Waals surface area (Å²) in [6, 6.07) is 27.0. The van der Waals surface area contributed by atoms with E-state index >= 15 is 0 Å². The summed E-state index contributed by atoms with van der Waals surface area (Å²) in [5.74, 6) is -3.07. The van der Waals surface area contributed by atoms with Crippen molar-refractivity contribution in [2.75, 3.05) is 39.3 Å². The molecule has 1 aliphatic carbocycles. The molecule has 370 valence electrons. The van der Waals surface area contributed by atoms with Gasteiger partial charge in [-0.05, 0) is 116 Å². The van der Waals surface area contributed by atoms with Crippen LogP contribution in [0.5, 0.6) is 17.2 Å². The molecule has 5 heterocycles. The van der Waals surface area contributed by atoms with Crippen LogP contribution in [-0.2, 0) is 32.6 Å². The summed E-state index contributed by atoms with van der Waals surface area (Å²) >= 11 is 13.1. The summed E-state index contributed by atoms with van der Waals surface area (Å²) in [6.45, 7) is -0.207. The fourth-order valence-electron chi connectivity index (χ4n) is 9.75. The summed E-state index contributed by atoms with van der Waals surface area (Å²) in [5, 5.41) is 24.1. The van der Waals surface area contributed by atoms with Crippen molar-refractivity contribution in [2.45, 2.75) is 68.3 Å². The van der Waals surface area contributed by atoms with Crippen LogP contribution in [0, 0.1) is 23.7 Å². The average Bonchev–Trinajstić information content (AvgIpc) is 4.16. The zero-order chi connectivity index (χ0) is 49.1. The summed E-state index contributed by atoms with van der Waals surface area (Å²) < 4.78 is 79.6. The Morgan fingerprint density at radius 3 is 2.16 bits per heavy atom. The van der Waals surface area contributed by atoms with Gasteiger partial charge in [0.15, 0.2) is 11.5 Å². The van der Waals surface area contributed by atoms with Crippen LogP contribution in [0.4, 0.5) is 13.6 Å². The van der Waals surface area contributed by atoms with E-state index < -0.39 is 52.5 Å². The number of carbonyl (C=O) groups is 2. The number of halogens is 4. The highest BCUT2D eigenvalue weighted by Crippen LogP contribution is 2.44. The Kier molecular flexibility index (Phi) is 15.0. The minimum Gasteiger partial charge on any atom is -0.489 e. The number of alkyl carbamates (subject to hydrolysis) is 1. The summed E-state index contributed by atoms with van der Waals surface area (Å²) in [6.07, 6.45) is 5.60. The number of aliphatic carboxylic acids is 1. The van der Waals surface area contributed by atoms with Gasteiger partial charge < -0.3 is 29.4 Å². The van der Waals surface area contributed by atoms with Crippen molar-refractivity contribution in [3.05, 3.63) is 147 Å². The van der Waals surface area contributed by atoms with Crippen molar-refractivity contribution in [2.24, 2.45) is 23.7 Å². The van der Waals surface area contributed by atoms with Crippen molar-refractivity contribution in [3.8, 4) is 17.2 Å². The number of hydrogen-bond acceptors (Lipinski definition) is 10. The predicted molar refractivity (Wildman–Crippen MR) is 253 cm³/mol. The van der Waals surface area contributed by atoms with Gasteiger partial charge in [-0.1, -0.05) is 83.9 Å². The first kappa shape index (κ1) is 49.3. The highest BCUT2D eigenvalue weighted by Gasteiger charge is 2.47. The first-order valence-corrected chi connectivity index (χ1v) is 25.5. The van der Waals surface area contributed by atoms with E-state index in [0.717, 1.165) is 56.4 Å². The minimum atomic E-state index is -4.07. The molecule has 70 heavy (non-hydrogen) atoms. The number of fused-ring (bicyclic) bond motifs is 3. The van der Waals surface area contributed by atoms with Gasteiger partial charge in [-0.2, -0.15) is 13.1 Å². The molecule has 19 heteroatoms. The van der Waals surface area contributed by atoms with Crippen molar-refractivity contribution in [1.29, 1.82) is 0 Å². The van der Waals surface area contributed by atoms with Crippen LogP contribution in [-0.4, -0.2) is 92.0 Å². The molecule has 1 saturated carbocycles. The highest BCUT2D eigenvalue weighted by molar-refractivity contribution is 7.89. The summed E-state index contributed by atoms with van der Waals surface area (Å²) in [4.78, 5) is 29.0. The number of rotatable bonds is 20. The number of aromatic nitrogens is 1. The summed E-state index contributed by atoms with van der Waals surface area (Å²) in [7, 11) is -4.07. The number of sulfonamides is 1. The molecule has 1 unspecified atom stereocenters. The minimum absolute atomic E-state index is 0.00857. The predicted octanol–water partition coefficient (Wildman–Crippen LogP) is 8.75. The number of alkyl halides is 2. The number of benzene rings is 4. The zero-order valence-corrected chi connectivity index (χ0v) is 40.2. The van der Waals surface area contributed by atoms with Crippen molar-refractivity contribution < 1.29 is 60.8 Å². The van der Waals surface area contributed by atoms with E-state index in [1.165, 1.54) is 47.0 Å². The Labute approximate surface area is 414 Å². The second-order valence-electron chi connectivity index (χ2n) is 18.5. The number of amides is 1. The number of carboxylic acids is 1. The molecule has 4 atom stereocenters. The van der Waals surface area contributed by atoms with Crippen molar-refractivity contribution in [3.63, 3.8) is 0 Å². The van der Waals surface area contributed by atoms with Gasteiger partial charge in [0.1, 0.15) is 28.5 Å². The Hall–Kier alpha value is -5.72. The fourth-order valence-corrected chi connectivity index (χ4v) is 11.9. The number of nitrogens with zero attached hydrogens (tertiary/aromatic N) is 3. The van der Waals surface area contributed by atoms with Crippen LogP contribution in [0.25, 0.3) is 0 Å². The number of nitrogens with one attached hydrogen (secondary N) is 1. The van der Waals surface area contributed by atoms with Crippen LogP contribution >= 0.6 is 23.2 Å². The molecule has 5 aromatic rings. The third kappa shape index (κ3) is 11.6. The maximum Gasteiger partial charge on any atom is 0.408 e. The molecule has 10 rings (SSSR count). The quantitative estimate of drug-likeness (QED) is 0.0504. The molecule has 2 bridgehead atoms. The number of hydrogen-bond donors (Lipinski definition) is 3. The van der Waals surface area contributed by atoms with Crippen molar-refractivity contribution in [1.82, 2.24) is 14.5 Å². The van der Waals surface area contributed by atoms with E-state index in [1.807, 2.05) is 48.5 Å². The lowest BCUT2D eigenvalue weighted by Crippen LogP contribution is -2.55. The molecule has 4 saturated heterocycles. The largest absolute Gasteiger partial charge is 0.489 e. The number of piperidine rings is 3. The second-order valence-corrected chi connectivity index (χ2v) is 21.2. The van der Waals surface area contributed by atoms with Crippen LogP contribution in [0.2, 0.25) is 10.0 Å². The first-order valence-electron chi connectivity index (χ1n) is 23.3. The van der Waals surface area contributed by atoms with Gasteiger partial charge in [0.25, 0.3) is 0 Å². The molecule has 5 fully saturated rings. The van der Waals surface area contributed by atoms with Crippen LogP contribution in [0.3, 0.4) is 0 Å². The molecule has 0 radical (unpaired) electrons. The lowest BCUT2D eigenvalue weighted by molar-refractivity contribution is -0.904. The van der Waals surface area contributed by atoms with Gasteiger partial charge in [0.2, 0.25) is 22.4 Å². The Morgan fingerprint density at radius 2 is 1.51 bits per heavy atom. The van der Waals surface area contributed by atoms with E-state index in [1.54, 1.807) is 18.2 Å². The van der Waals surface area contributed by atoms with Crippen LogP contribution < -0.4 is 24.3 Å². The lowest BCUT2D eigenvalue weighted by atomic mass is 9.73. The number of carboxylic acid groups (broad SMARTS) is 1. The monoisotopic (exact) mass is 1020 g/mol. The number of carbonyl (C=O) groups excluding carboxylic acids is 1. The average molecular weight is 1020 g/mol. The van der Waals surface area contributed by atoms with Gasteiger partial charge in [-0.15, -0.1) is 0 Å². The molecule has 0 spiro atoms. The van der Waals surface area contributed by atoms with E-state index in [0.29, 0.717) is 33.1 Å². The highest BCUT2D eigenvalue weighted by atomic mass is 35.5. The fraction of sp³-hybridized carbons (Fsp3) is 0.392. The molecule has 5 aliphatic rings. The molecule has 1 aromatic heterocycles. The number of ether oxygens (including phenoxy) is 4. The molecule has 4 aromatic carbocycles. The van der Waals surface area contributed by atoms with Crippen molar-refractivity contribution >= 4 is 45.3 Å². The topological polar surface area (TPSA) is 168 Å². The second kappa shape index (κ2) is 21.3. The van der Waals surface area contributed by atoms with Crippen LogP contribution in [0.15, 0.2) is 114 Å². The van der Waals surface area contributed by atoms with Crippen LogP contribution in [0.1, 0.15) is 65.5 Å². The van der Waals surface area contributed by atoms with Gasteiger partial charge in [0, 0.05) is 41.8 Å².